The van der Waals surface area contributed by atoms with Crippen LogP contribution < -0.4 is 5.32 Å². The number of amides is 1. The molecule has 6 aromatic carbocycles. The first-order chi connectivity index (χ1) is 38.9. The van der Waals surface area contributed by atoms with Crippen LogP contribution in [0.4, 0.5) is 25.0 Å². The Bertz CT molecular complexity index is 3070. The Morgan fingerprint density at radius 3 is 1.22 bits per heavy atom. The summed E-state index contributed by atoms with van der Waals surface area (Å²) in [5, 5.41) is 16.0. The number of non-ortho nitro benzene ring substituents is 1. The zero-order chi connectivity index (χ0) is 66.6. The molecule has 86 heavy (non-hydrogen) atoms. The second kappa shape index (κ2) is 33.2. The first kappa shape index (κ1) is 78.5. The Hall–Kier alpha value is -5.51. The van der Waals surface area contributed by atoms with E-state index in [0.717, 1.165) is 39.3 Å². The van der Waals surface area contributed by atoms with E-state index >= 15 is 0 Å². The van der Waals surface area contributed by atoms with Gasteiger partial charge in [-0.1, -0.05) is 276 Å². The van der Waals surface area contributed by atoms with Crippen LogP contribution in [-0.4, -0.2) is 16.6 Å². The third-order valence-corrected chi connectivity index (χ3v) is 14.3. The number of carbonyl (C=O) groups excluding carboxylic acids is 1. The number of nitro benzene ring substituents is 1. The van der Waals surface area contributed by atoms with Crippen LogP contribution in [0.5, 0.6) is 0 Å². The Balaban J connectivity index is 0.000000506. The van der Waals surface area contributed by atoms with E-state index in [-0.39, 0.29) is 43.1 Å². The summed E-state index contributed by atoms with van der Waals surface area (Å²) < 4.78 is 30.5. The predicted molar refractivity (Wildman–Crippen MR) is 369 cm³/mol. The van der Waals surface area contributed by atoms with Crippen LogP contribution in [0.25, 0.3) is 0 Å². The topological polar surface area (TPSA) is 81.5 Å². The number of halogens is 6. The van der Waals surface area contributed by atoms with Gasteiger partial charge in [0.1, 0.15) is 5.60 Å². The molecule has 0 bridgehead atoms. The highest BCUT2D eigenvalue weighted by molar-refractivity contribution is 6.42. The molecule has 1 N–H and O–H groups in total. The van der Waals surface area contributed by atoms with Crippen molar-refractivity contribution in [3.63, 3.8) is 0 Å². The van der Waals surface area contributed by atoms with E-state index in [1.165, 1.54) is 28.3 Å². The number of nitrogens with zero attached hydrogens (tertiary/aromatic N) is 1. The van der Waals surface area contributed by atoms with E-state index in [9.17, 15) is 23.7 Å². The Morgan fingerprint density at radius 1 is 0.453 bits per heavy atom. The van der Waals surface area contributed by atoms with Gasteiger partial charge in [-0.25, -0.2) is 13.6 Å². The number of anilines is 1. The van der Waals surface area contributed by atoms with E-state index in [1.807, 2.05) is 108 Å². The van der Waals surface area contributed by atoms with E-state index in [4.69, 9.17) is 51.1 Å². The van der Waals surface area contributed by atoms with Crippen molar-refractivity contribution >= 4 is 63.9 Å². The third-order valence-electron chi connectivity index (χ3n) is 13.0. The van der Waals surface area contributed by atoms with Crippen molar-refractivity contribution in [1.29, 1.82) is 0 Å². The van der Waals surface area contributed by atoms with Crippen LogP contribution in [0.2, 0.25) is 20.1 Å². The van der Waals surface area contributed by atoms with Gasteiger partial charge >= 0.3 is 6.09 Å². The average molecular weight is 1260 g/mol. The Morgan fingerprint density at radius 2 is 0.860 bits per heavy atom. The quantitative estimate of drug-likeness (QED) is 0.138. The second-order valence-corrected chi connectivity index (χ2v) is 31.0. The molecule has 6 aromatic rings. The first-order valence-electron chi connectivity index (χ1n) is 29.1. The molecular formula is C74H100Cl4F2N2O4. The molecule has 0 heterocycles. The van der Waals surface area contributed by atoms with Crippen molar-refractivity contribution in [2.45, 2.75) is 211 Å². The number of rotatable bonds is 2. The van der Waals surface area contributed by atoms with Gasteiger partial charge in [0, 0.05) is 27.9 Å². The molecule has 0 saturated heterocycles. The maximum absolute atomic E-state index is 12.7. The minimum absolute atomic E-state index is 0.0507. The van der Waals surface area contributed by atoms with Crippen molar-refractivity contribution in [3.8, 4) is 0 Å². The lowest BCUT2D eigenvalue weighted by molar-refractivity contribution is -0.384. The lowest BCUT2D eigenvalue weighted by Gasteiger charge is -2.21. The van der Waals surface area contributed by atoms with Crippen LogP contribution in [0.15, 0.2) is 157 Å². The smallest absolute Gasteiger partial charge is 0.412 e. The van der Waals surface area contributed by atoms with E-state index in [0.29, 0.717) is 15.5 Å². The predicted octanol–water partition coefficient (Wildman–Crippen LogP) is 25.0. The van der Waals surface area contributed by atoms with Crippen LogP contribution in [0, 0.1) is 27.2 Å². The molecule has 0 aromatic heterocycles. The Kier molecular flexibility index (Phi) is 30.3. The fourth-order valence-corrected chi connectivity index (χ4v) is 8.02. The number of allylic oxidation sites excluding steroid dienone is 4. The molecule has 472 valence electrons. The molecule has 1 aliphatic rings. The highest BCUT2D eigenvalue weighted by Crippen LogP contribution is 2.32. The van der Waals surface area contributed by atoms with Gasteiger partial charge in [0.15, 0.2) is 11.6 Å². The highest BCUT2D eigenvalue weighted by Gasteiger charge is 2.21. The number of benzene rings is 6. The number of carbonyl (C=O) groups is 1. The van der Waals surface area contributed by atoms with Gasteiger partial charge in [0.05, 0.1) is 15.0 Å². The van der Waals surface area contributed by atoms with Gasteiger partial charge < -0.3 is 4.74 Å². The molecule has 0 aliphatic heterocycles. The van der Waals surface area contributed by atoms with Gasteiger partial charge in [-0.2, -0.15) is 0 Å². The number of hydrogen-bond acceptors (Lipinski definition) is 4. The van der Waals surface area contributed by atoms with Crippen molar-refractivity contribution in [2.75, 3.05) is 5.32 Å². The summed E-state index contributed by atoms with van der Waals surface area (Å²) in [5.74, 6) is -1.56. The molecule has 0 unspecified atom stereocenters. The zero-order valence-corrected chi connectivity index (χ0v) is 59.0. The largest absolute Gasteiger partial charge is 0.444 e. The SMILES string of the molecule is CC(C)(C)C1=CC=CC1.CC(C)(C)OC(=O)Nc1cccc(C(C)(C)C)c1.CC(C)(C)c1ccc(Cl)c(Cl)c1.CC(C)(C)c1ccc(Cl)cc1.CC(C)(C)c1ccc(F)c(F)c1.CC(C)(C)c1ccc([N+](=O)[O-])cc1.CC(C)(C)c1cccc(Cl)c1. The maximum atomic E-state index is 12.7. The van der Waals surface area contributed by atoms with E-state index in [1.54, 1.807) is 35.9 Å². The summed E-state index contributed by atoms with van der Waals surface area (Å²) in [4.78, 5) is 21.6. The van der Waals surface area contributed by atoms with Crippen LogP contribution in [0.1, 0.15) is 206 Å². The lowest BCUT2D eigenvalue weighted by atomic mass is 9.86. The van der Waals surface area contributed by atoms with Gasteiger partial charge in [-0.05, 0) is 159 Å². The molecular weight excluding hydrogens is 1160 g/mol. The maximum Gasteiger partial charge on any atom is 0.412 e. The van der Waals surface area contributed by atoms with Crippen molar-refractivity contribution in [3.05, 3.63) is 232 Å². The first-order valence-corrected chi connectivity index (χ1v) is 30.6. The summed E-state index contributed by atoms with van der Waals surface area (Å²) >= 11 is 23.3. The van der Waals surface area contributed by atoms with Gasteiger partial charge in [0.25, 0.3) is 5.69 Å². The molecule has 0 saturated carbocycles. The summed E-state index contributed by atoms with van der Waals surface area (Å²) in [6, 6.07) is 40.3. The molecule has 0 radical (unpaired) electrons. The molecule has 12 heteroatoms. The molecule has 1 amide bonds. The summed E-state index contributed by atoms with van der Waals surface area (Å²) in [6.07, 6.45) is 7.30. The number of ether oxygens (including phenoxy) is 1. The highest BCUT2D eigenvalue weighted by atomic mass is 35.5. The number of nitro groups is 1. The molecule has 0 fully saturated rings. The summed E-state index contributed by atoms with van der Waals surface area (Å²) in [5.41, 5.74) is 9.79. The van der Waals surface area contributed by atoms with Crippen LogP contribution >= 0.6 is 46.4 Å². The fraction of sp³-hybridized carbons (Fsp3) is 0.446. The monoisotopic (exact) mass is 1260 g/mol. The van der Waals surface area contributed by atoms with Crippen molar-refractivity contribution in [2.24, 2.45) is 5.41 Å². The number of nitrogens with one attached hydrogen (secondary N) is 1. The van der Waals surface area contributed by atoms with Crippen molar-refractivity contribution < 1.29 is 23.2 Å². The molecule has 6 nitrogen and oxygen atoms in total. The van der Waals surface area contributed by atoms with Crippen LogP contribution in [0.3, 0.4) is 0 Å². The summed E-state index contributed by atoms with van der Waals surface area (Å²) in [6.45, 7) is 50.4. The fourth-order valence-electron chi connectivity index (χ4n) is 7.40. The standard InChI is InChI=1S/C15H23NO2.C10H12Cl2.2C10H13Cl.C10H12F2.C10H13NO2.C9H14/c1-14(2,3)11-8-7-9-12(10-11)16-13(17)18-15(4,5)6;1-10(2,3)7-4-5-8(11)9(12)6-7;1-10(2,3)8-4-6-9(11)7-5-8;1-10(2,3)8-5-4-6-9(11)7-8;1-10(2,3)7-4-5-8(11)9(12)6-7;1-10(2,3)8-4-6-9(7-5-8)11(12)13;1-9(2,3)8-6-4-5-7-8/h7-10H,1-6H3,(H,16,17);4-6H,1-3H3;2*4-7H,1-3H3;4-6H,1-3H3;4-7H,1-3H3;4-6H,7H2,1-3H3. The zero-order valence-electron chi connectivity index (χ0n) is 56.0. The lowest BCUT2D eigenvalue weighted by Crippen LogP contribution is -2.27. The molecule has 7 rings (SSSR count). The van der Waals surface area contributed by atoms with Crippen molar-refractivity contribution in [1.82, 2.24) is 0 Å². The van der Waals surface area contributed by atoms with Gasteiger partial charge in [-0.3, -0.25) is 15.4 Å². The van der Waals surface area contributed by atoms with E-state index < -0.39 is 23.3 Å². The molecule has 1 aliphatic carbocycles. The second-order valence-electron chi connectivity index (χ2n) is 29.4. The van der Waals surface area contributed by atoms with Gasteiger partial charge in [0.2, 0.25) is 0 Å². The third kappa shape index (κ3) is 31.4. The Labute approximate surface area is 537 Å². The average Bonchev–Trinajstić information content (AvgIpc) is 3.78. The number of hydrogen-bond donors (Lipinski definition) is 1. The minimum Gasteiger partial charge on any atom is -0.444 e. The van der Waals surface area contributed by atoms with Gasteiger partial charge in [-0.15, -0.1) is 0 Å². The summed E-state index contributed by atoms with van der Waals surface area (Å²) in [7, 11) is 0. The molecule has 0 spiro atoms. The normalized spacial score (nSPS) is 12.4. The van der Waals surface area contributed by atoms with E-state index in [2.05, 4.69) is 172 Å². The van der Waals surface area contributed by atoms with Crippen LogP contribution in [-0.2, 0) is 37.2 Å². The minimum atomic E-state index is -0.789. The molecule has 0 atom stereocenters.